The van der Waals surface area contributed by atoms with E-state index >= 15 is 0 Å². The molecule has 1 aromatic carbocycles. The van der Waals surface area contributed by atoms with Crippen molar-refractivity contribution in [2.24, 2.45) is 11.7 Å². The average Bonchev–Trinajstić information content (AvgIpc) is 3.21. The molecule has 2 unspecified atom stereocenters. The van der Waals surface area contributed by atoms with Crippen molar-refractivity contribution in [3.05, 3.63) is 36.3 Å². The van der Waals surface area contributed by atoms with Crippen molar-refractivity contribution in [2.45, 2.75) is 51.1 Å². The summed E-state index contributed by atoms with van der Waals surface area (Å²) < 4.78 is 2.26. The van der Waals surface area contributed by atoms with E-state index in [1.54, 1.807) is 0 Å². The third-order valence-corrected chi connectivity index (χ3v) is 5.20. The van der Waals surface area contributed by atoms with Crippen molar-refractivity contribution in [1.29, 1.82) is 0 Å². The highest BCUT2D eigenvalue weighted by molar-refractivity contribution is 5.93. The fourth-order valence-electron chi connectivity index (χ4n) is 3.77. The Morgan fingerprint density at radius 3 is 2.58 bits per heavy atom. The molecule has 142 valence electrons. The number of rotatable bonds is 3. The van der Waals surface area contributed by atoms with Crippen molar-refractivity contribution in [3.63, 3.8) is 0 Å². The van der Waals surface area contributed by atoms with Crippen molar-refractivity contribution in [2.75, 3.05) is 5.32 Å². The van der Waals surface area contributed by atoms with Crippen LogP contribution in [0.5, 0.6) is 0 Å². The maximum atomic E-state index is 12.3. The van der Waals surface area contributed by atoms with Crippen LogP contribution in [0.25, 0.3) is 11.3 Å². The summed E-state index contributed by atoms with van der Waals surface area (Å²) in [6.45, 7) is 1.07. The van der Waals surface area contributed by atoms with Crippen molar-refractivity contribution < 1.29 is 4.79 Å². The molecule has 5 nitrogen and oxygen atoms in total. The molecule has 3 N–H and O–H groups in total. The first kappa shape index (κ1) is 20.7. The molecule has 2 heterocycles. The fraction of sp³-hybridized carbons (Fsp3) is 0.474. The normalized spacial score (nSPS) is 21.3. The molecule has 2 aromatic rings. The largest absolute Gasteiger partial charge is 0.334 e. The Bertz CT molecular complexity index is 721. The van der Waals surface area contributed by atoms with Gasteiger partial charge in [0, 0.05) is 42.4 Å². The summed E-state index contributed by atoms with van der Waals surface area (Å²) >= 11 is 0. The SMILES string of the molecule is Cl.Cl.NC1CCC(C(=O)Nc2ccc(-c3cn4c(n3)CCCC4)cc2)C1. The Kier molecular flexibility index (Phi) is 7.09. The van der Waals surface area contributed by atoms with Gasteiger partial charge >= 0.3 is 0 Å². The van der Waals surface area contributed by atoms with Crippen LogP contribution in [-0.4, -0.2) is 21.5 Å². The highest BCUT2D eigenvalue weighted by Gasteiger charge is 2.27. The number of halogens is 2. The van der Waals surface area contributed by atoms with E-state index in [0.717, 1.165) is 49.2 Å². The first-order valence-electron chi connectivity index (χ1n) is 8.92. The molecule has 26 heavy (non-hydrogen) atoms. The smallest absolute Gasteiger partial charge is 0.227 e. The van der Waals surface area contributed by atoms with E-state index in [0.29, 0.717) is 0 Å². The molecule has 1 aliphatic carbocycles. The summed E-state index contributed by atoms with van der Waals surface area (Å²) in [6.07, 6.45) is 8.31. The van der Waals surface area contributed by atoms with Gasteiger partial charge in [-0.1, -0.05) is 12.1 Å². The number of carbonyl (C=O) groups excluding carboxylic acids is 1. The van der Waals surface area contributed by atoms with Gasteiger partial charge in [0.05, 0.1) is 5.69 Å². The van der Waals surface area contributed by atoms with Crippen molar-refractivity contribution in [3.8, 4) is 11.3 Å². The number of carbonyl (C=O) groups is 1. The number of benzene rings is 1. The van der Waals surface area contributed by atoms with Gasteiger partial charge in [-0.3, -0.25) is 4.79 Å². The number of aryl methyl sites for hydroxylation is 2. The third kappa shape index (κ3) is 4.40. The second kappa shape index (κ2) is 8.89. The molecule has 1 aliphatic heterocycles. The molecule has 1 saturated carbocycles. The first-order valence-corrected chi connectivity index (χ1v) is 8.92. The predicted molar refractivity (Wildman–Crippen MR) is 109 cm³/mol. The molecule has 0 saturated heterocycles. The zero-order valence-electron chi connectivity index (χ0n) is 14.7. The molecule has 2 aliphatic rings. The Balaban J connectivity index is 0.00000121. The number of imidazole rings is 1. The molecule has 1 fully saturated rings. The van der Waals surface area contributed by atoms with Crippen molar-refractivity contribution in [1.82, 2.24) is 9.55 Å². The van der Waals surface area contributed by atoms with Crippen LogP contribution in [0.4, 0.5) is 5.69 Å². The van der Waals surface area contributed by atoms with Gasteiger partial charge in [0.1, 0.15) is 5.82 Å². The number of nitrogens with one attached hydrogen (secondary N) is 1. The Morgan fingerprint density at radius 1 is 1.15 bits per heavy atom. The summed E-state index contributed by atoms with van der Waals surface area (Å²) in [5.74, 6) is 1.33. The number of anilines is 1. The van der Waals surface area contributed by atoms with E-state index < -0.39 is 0 Å². The average molecular weight is 397 g/mol. The molecular formula is C19H26Cl2N4O. The molecule has 7 heteroatoms. The number of amides is 1. The van der Waals surface area contributed by atoms with Gasteiger partial charge in [-0.05, 0) is 44.2 Å². The van der Waals surface area contributed by atoms with E-state index in [9.17, 15) is 4.79 Å². The molecule has 2 atom stereocenters. The van der Waals surface area contributed by atoms with Gasteiger partial charge in [-0.2, -0.15) is 0 Å². The lowest BCUT2D eigenvalue weighted by atomic mass is 10.1. The second-order valence-corrected chi connectivity index (χ2v) is 7.03. The molecule has 4 rings (SSSR count). The Hall–Kier alpha value is -1.56. The zero-order chi connectivity index (χ0) is 16.5. The monoisotopic (exact) mass is 396 g/mol. The minimum atomic E-state index is 0. The standard InChI is InChI=1S/C19H24N4O.2ClH/c20-15-7-4-14(11-15)19(24)21-16-8-5-13(6-9-16)17-12-23-10-2-1-3-18(23)22-17;;/h5-6,8-9,12,14-15H,1-4,7,10-11,20H2,(H,21,24);2*1H. The zero-order valence-corrected chi connectivity index (χ0v) is 16.3. The number of hydrogen-bond acceptors (Lipinski definition) is 3. The van der Waals surface area contributed by atoms with Gasteiger partial charge in [0.15, 0.2) is 0 Å². The van der Waals surface area contributed by atoms with Crippen LogP contribution >= 0.6 is 24.8 Å². The van der Waals surface area contributed by atoms with Crippen LogP contribution in [0, 0.1) is 5.92 Å². The summed E-state index contributed by atoms with van der Waals surface area (Å²) in [5, 5.41) is 3.01. The topological polar surface area (TPSA) is 72.9 Å². The predicted octanol–water partition coefficient (Wildman–Crippen LogP) is 3.80. The summed E-state index contributed by atoms with van der Waals surface area (Å²) in [6, 6.07) is 8.16. The lowest BCUT2D eigenvalue weighted by Gasteiger charge is -2.11. The van der Waals surface area contributed by atoms with E-state index in [-0.39, 0.29) is 42.7 Å². The third-order valence-electron chi connectivity index (χ3n) is 5.20. The minimum absolute atomic E-state index is 0. The molecule has 1 aromatic heterocycles. The lowest BCUT2D eigenvalue weighted by Crippen LogP contribution is -2.23. The van der Waals surface area contributed by atoms with Crippen LogP contribution in [0.2, 0.25) is 0 Å². The van der Waals surface area contributed by atoms with E-state index in [1.807, 2.05) is 24.3 Å². The van der Waals surface area contributed by atoms with Gasteiger partial charge in [-0.25, -0.2) is 4.98 Å². The van der Waals surface area contributed by atoms with Crippen molar-refractivity contribution >= 4 is 36.4 Å². The van der Waals surface area contributed by atoms with Crippen LogP contribution in [0.1, 0.15) is 37.9 Å². The summed E-state index contributed by atoms with van der Waals surface area (Å²) in [7, 11) is 0. The second-order valence-electron chi connectivity index (χ2n) is 7.03. The lowest BCUT2D eigenvalue weighted by molar-refractivity contribution is -0.119. The van der Waals surface area contributed by atoms with Gasteiger partial charge < -0.3 is 15.6 Å². The maximum absolute atomic E-state index is 12.3. The number of nitrogens with zero attached hydrogens (tertiary/aromatic N) is 2. The number of nitrogens with two attached hydrogens (primary N) is 1. The Morgan fingerprint density at radius 2 is 1.92 bits per heavy atom. The highest BCUT2D eigenvalue weighted by atomic mass is 35.5. The molecule has 0 bridgehead atoms. The number of fused-ring (bicyclic) bond motifs is 1. The molecular weight excluding hydrogens is 371 g/mol. The van der Waals surface area contributed by atoms with Crippen LogP contribution in [0.15, 0.2) is 30.5 Å². The quantitative estimate of drug-likeness (QED) is 0.828. The maximum Gasteiger partial charge on any atom is 0.227 e. The summed E-state index contributed by atoms with van der Waals surface area (Å²) in [4.78, 5) is 17.0. The van der Waals surface area contributed by atoms with E-state index in [2.05, 4.69) is 16.1 Å². The van der Waals surface area contributed by atoms with Crippen LogP contribution < -0.4 is 11.1 Å². The minimum Gasteiger partial charge on any atom is -0.334 e. The van der Waals surface area contributed by atoms with Crippen LogP contribution in [0.3, 0.4) is 0 Å². The van der Waals surface area contributed by atoms with E-state index in [1.165, 1.54) is 18.7 Å². The molecule has 1 amide bonds. The number of aromatic nitrogens is 2. The summed E-state index contributed by atoms with van der Waals surface area (Å²) in [5.41, 5.74) is 8.85. The number of hydrogen-bond donors (Lipinski definition) is 2. The first-order chi connectivity index (χ1) is 11.7. The van der Waals surface area contributed by atoms with Gasteiger partial charge in [-0.15, -0.1) is 24.8 Å². The van der Waals surface area contributed by atoms with Gasteiger partial charge in [0.25, 0.3) is 0 Å². The Labute approximate surface area is 166 Å². The fourth-order valence-corrected chi connectivity index (χ4v) is 3.77. The van der Waals surface area contributed by atoms with E-state index in [4.69, 9.17) is 10.7 Å². The molecule has 0 radical (unpaired) electrons. The highest BCUT2D eigenvalue weighted by Crippen LogP contribution is 2.27. The van der Waals surface area contributed by atoms with Crippen LogP contribution in [-0.2, 0) is 17.8 Å². The van der Waals surface area contributed by atoms with Gasteiger partial charge in [0.2, 0.25) is 5.91 Å². The molecule has 0 spiro atoms.